The molecule has 0 fully saturated rings. The standard InChI is InChI=1S/6Al.8H2O.18H/h;;;;;;8*1H2;;;;;;;;;;;;;;;;;;. The first-order chi connectivity index (χ1) is 0. The maximum Gasteiger partial charge on any atom is 0.187 e. The van der Waals surface area contributed by atoms with Crippen LogP contribution < -0.4 is 0 Å². The minimum atomic E-state index is 0. The van der Waals surface area contributed by atoms with E-state index >= 15 is 0 Å². The van der Waals surface area contributed by atoms with Gasteiger partial charge in [0.1, 0.15) is 0 Å². The van der Waals surface area contributed by atoms with Gasteiger partial charge in [-0.1, -0.05) is 0 Å². The fourth-order valence-electron chi connectivity index (χ4n) is 0. The van der Waals surface area contributed by atoms with Crippen molar-refractivity contribution in [1.29, 1.82) is 0 Å². The molecule has 0 spiro atoms. The zero-order valence-electron chi connectivity index (χ0n) is 4.00. The van der Waals surface area contributed by atoms with E-state index in [1.54, 1.807) is 0 Å². The Morgan fingerprint density at radius 1 is 0.143 bits per heavy atom. The first-order valence-corrected chi connectivity index (χ1v) is 0. The quantitative estimate of drug-likeness (QED) is 0.376. The Morgan fingerprint density at radius 3 is 0.143 bits per heavy atom. The largest absolute Gasteiger partial charge is 0.412 e. The van der Waals surface area contributed by atoms with Gasteiger partial charge < -0.3 is 43.8 Å². The molecule has 0 unspecified atom stereocenters. The highest BCUT2D eigenvalue weighted by Crippen LogP contribution is -0.282. The van der Waals surface area contributed by atoms with Crippen LogP contribution in [-0.2, 0) is 0 Å². The average molecular weight is 324 g/mol. The van der Waals surface area contributed by atoms with Gasteiger partial charge in [0.05, 0.1) is 0 Å². The molecule has 0 saturated carbocycles. The summed E-state index contributed by atoms with van der Waals surface area (Å²) in [7, 11) is 0. The van der Waals surface area contributed by atoms with E-state index in [-0.39, 0.29) is 148 Å². The Labute approximate surface area is 146 Å². The van der Waals surface area contributed by atoms with E-state index in [0.29, 0.717) is 0 Å². The molecule has 14 heteroatoms. The van der Waals surface area contributed by atoms with E-state index in [2.05, 4.69) is 0 Å². The maximum atomic E-state index is 0. The van der Waals surface area contributed by atoms with Crippen LogP contribution in [0.25, 0.3) is 0 Å². The lowest BCUT2D eigenvalue weighted by Crippen LogP contribution is -0.382. The van der Waals surface area contributed by atoms with Crippen molar-refractivity contribution in [3.05, 3.63) is 0 Å². The van der Waals surface area contributed by atoms with Gasteiger partial charge in [-0.15, -0.1) is 0 Å². The van der Waals surface area contributed by atoms with Crippen LogP contribution in [0.2, 0.25) is 0 Å². The topological polar surface area (TPSA) is 252 Å². The summed E-state index contributed by atoms with van der Waals surface area (Å²) in [6, 6.07) is 0. The number of rotatable bonds is 0. The summed E-state index contributed by atoms with van der Waals surface area (Å²) >= 11 is 0. The minimum absolute atomic E-state index is 0. The molecule has 16 N–H and O–H groups in total. The lowest BCUT2D eigenvalue weighted by atomic mass is 16.0. The van der Waals surface area contributed by atoms with Crippen molar-refractivity contribution in [2.75, 3.05) is 0 Å². The molecule has 100 valence electrons. The summed E-state index contributed by atoms with van der Waals surface area (Å²) < 4.78 is 0. The van der Waals surface area contributed by atoms with Crippen LogP contribution in [-0.4, -0.2) is 148 Å². The molecule has 0 radical (unpaired) electrons. The second-order valence-electron chi connectivity index (χ2n) is 0. The van der Waals surface area contributed by atoms with Crippen LogP contribution in [0, 0.1) is 0 Å². The van der Waals surface area contributed by atoms with Gasteiger partial charge in [0.15, 0.2) is 104 Å². The lowest BCUT2D eigenvalue weighted by Gasteiger charge is -0.413. The Kier molecular flexibility index (Phi) is 15600. The smallest absolute Gasteiger partial charge is 0.187 e. The summed E-state index contributed by atoms with van der Waals surface area (Å²) in [5.74, 6) is 0. The van der Waals surface area contributed by atoms with Gasteiger partial charge in [-0.2, -0.15) is 0 Å². The van der Waals surface area contributed by atoms with Gasteiger partial charge in [0.25, 0.3) is 0 Å². The molecule has 14 heavy (non-hydrogen) atoms. The Morgan fingerprint density at radius 2 is 0.143 bits per heavy atom. The van der Waals surface area contributed by atoms with Crippen LogP contribution in [0.3, 0.4) is 0 Å². The molecule has 0 aromatic carbocycles. The molecule has 0 aliphatic rings. The second kappa shape index (κ2) is 425. The molecule has 0 bridgehead atoms. The van der Waals surface area contributed by atoms with E-state index in [0.717, 1.165) is 0 Å². The second-order valence-corrected chi connectivity index (χ2v) is 0. The molecular formula is H34Al6O8. The Bertz CT molecular complexity index is 13.8. The highest BCUT2D eigenvalue weighted by molar-refractivity contribution is 5.76. The van der Waals surface area contributed by atoms with Crippen molar-refractivity contribution in [2.45, 2.75) is 0 Å². The average Bonchev–Trinajstić information content (AvgIpc) is 0. The molecule has 0 amide bonds. The third-order valence-electron chi connectivity index (χ3n) is 0. The minimum Gasteiger partial charge on any atom is -0.412 e. The predicted octanol–water partition coefficient (Wildman–Crippen LogP) is -13.7. The predicted molar refractivity (Wildman–Crippen MR) is 88.5 cm³/mol. The number of hydrogen-bond donors (Lipinski definition) is 0. The van der Waals surface area contributed by atoms with Crippen LogP contribution in [0.4, 0.5) is 0 Å². The summed E-state index contributed by atoms with van der Waals surface area (Å²) in [5.41, 5.74) is 0. The summed E-state index contributed by atoms with van der Waals surface area (Å²) in [6.45, 7) is 0. The van der Waals surface area contributed by atoms with E-state index in [1.807, 2.05) is 0 Å². The SMILES string of the molecule is O.O.O.O.O.O.O.O.[AlH3].[AlH3].[AlH3].[AlH3].[AlH3].[AlH3]. The Balaban J connectivity index is 0. The molecule has 0 saturated heterocycles. The molecule has 0 aliphatic heterocycles. The lowest BCUT2D eigenvalue weighted by molar-refractivity contribution is 0.823. The van der Waals surface area contributed by atoms with Crippen molar-refractivity contribution >= 4 is 104 Å². The van der Waals surface area contributed by atoms with Gasteiger partial charge in [0.2, 0.25) is 0 Å². The first kappa shape index (κ1) is 515. The van der Waals surface area contributed by atoms with E-state index < -0.39 is 0 Å². The summed E-state index contributed by atoms with van der Waals surface area (Å²) in [4.78, 5) is 0. The third-order valence-corrected chi connectivity index (χ3v) is 0. The van der Waals surface area contributed by atoms with E-state index in [1.165, 1.54) is 0 Å². The monoisotopic (exact) mass is 324 g/mol. The van der Waals surface area contributed by atoms with Crippen molar-refractivity contribution in [2.24, 2.45) is 0 Å². The van der Waals surface area contributed by atoms with Gasteiger partial charge >= 0.3 is 0 Å². The molecule has 8 nitrogen and oxygen atoms in total. The van der Waals surface area contributed by atoms with Gasteiger partial charge in [-0.25, -0.2) is 0 Å². The van der Waals surface area contributed by atoms with Gasteiger partial charge in [0, 0.05) is 0 Å². The summed E-state index contributed by atoms with van der Waals surface area (Å²) in [5, 5.41) is 0. The third kappa shape index (κ3) is 346. The molecule has 0 rings (SSSR count). The summed E-state index contributed by atoms with van der Waals surface area (Å²) in [6.07, 6.45) is 0. The maximum absolute atomic E-state index is 0. The van der Waals surface area contributed by atoms with Gasteiger partial charge in [-0.05, 0) is 0 Å². The zero-order chi connectivity index (χ0) is 0. The zero-order valence-corrected chi connectivity index (χ0v) is 4.00. The fourth-order valence-corrected chi connectivity index (χ4v) is 0. The molecule has 0 atom stereocenters. The first-order valence-electron chi connectivity index (χ1n) is 0. The highest BCUT2D eigenvalue weighted by Gasteiger charge is 0.192. The van der Waals surface area contributed by atoms with E-state index in [4.69, 9.17) is 0 Å². The van der Waals surface area contributed by atoms with Gasteiger partial charge in [-0.3, -0.25) is 0 Å². The molecule has 0 aromatic heterocycles. The Hall–Kier alpha value is 2.87. The highest BCUT2D eigenvalue weighted by atomic mass is 27.0. The molecule has 0 aromatic rings. The van der Waals surface area contributed by atoms with Crippen molar-refractivity contribution in [3.63, 3.8) is 0 Å². The van der Waals surface area contributed by atoms with E-state index in [9.17, 15) is 0 Å². The van der Waals surface area contributed by atoms with Crippen LogP contribution in [0.15, 0.2) is 0 Å². The molecular weight excluding hydrogens is 290 g/mol. The fraction of sp³-hybridized carbons (Fsp3) is 0. The van der Waals surface area contributed by atoms with Crippen LogP contribution >= 0.6 is 0 Å². The molecule has 0 heterocycles. The number of hydrogen-bond acceptors (Lipinski definition) is 0. The van der Waals surface area contributed by atoms with Crippen molar-refractivity contribution in [3.8, 4) is 0 Å². The van der Waals surface area contributed by atoms with Crippen molar-refractivity contribution in [1.82, 2.24) is 0 Å². The molecule has 0 aliphatic carbocycles. The van der Waals surface area contributed by atoms with Crippen LogP contribution in [0.1, 0.15) is 0 Å². The van der Waals surface area contributed by atoms with Crippen LogP contribution in [0.5, 0.6) is 0 Å². The van der Waals surface area contributed by atoms with Crippen molar-refractivity contribution < 1.29 is 43.8 Å². The normalized spacial score (nSPS) is 0.